The Balaban J connectivity index is 0.00000645. The smallest absolute Gasteiger partial charge is 0.187 e. The predicted octanol–water partition coefficient (Wildman–Crippen LogP) is 19.8. The molecule has 2 aromatic heterocycles. The van der Waals surface area contributed by atoms with Gasteiger partial charge in [0.1, 0.15) is 5.82 Å². The fraction of sp³-hybridized carbons (Fsp3) is 0.118. The van der Waals surface area contributed by atoms with E-state index in [9.17, 15) is 0 Å². The van der Waals surface area contributed by atoms with Gasteiger partial charge in [-0.25, -0.2) is 9.83 Å². The van der Waals surface area contributed by atoms with Crippen LogP contribution >= 0.6 is 0 Å². The molecule has 406 valence electrons. The topological polar surface area (TPSA) is 37.9 Å². The first kappa shape index (κ1) is 53.1. The Morgan fingerprint density at radius 2 is 1.13 bits per heavy atom. The average molecular weight is 1250 g/mol. The Bertz CT molecular complexity index is 4450. The average Bonchev–Trinajstić information content (AvgIpc) is 4.36. The zero-order valence-corrected chi connectivity index (χ0v) is 49.3. The van der Waals surface area contributed by atoms with Gasteiger partial charge in [0.25, 0.3) is 0 Å². The number of anilines is 4. The number of aromatic nitrogens is 2. The fourth-order valence-electron chi connectivity index (χ4n) is 12.6. The molecule has 14 rings (SSSR count). The molecule has 12 aromatic rings. The Morgan fingerprint density at radius 3 is 1.83 bits per heavy atom. The van der Waals surface area contributed by atoms with Crippen LogP contribution in [0.3, 0.4) is 0 Å². The van der Waals surface area contributed by atoms with E-state index in [1.54, 1.807) is 0 Å². The first-order chi connectivity index (χ1) is 39.9. The number of benzene rings is 10. The third kappa shape index (κ3) is 8.94. The summed E-state index contributed by atoms with van der Waals surface area (Å²) < 4.78 is 9.53. The minimum absolute atomic E-state index is 0. The summed E-state index contributed by atoms with van der Waals surface area (Å²) in [6.45, 7) is 24.1. The molecular formula is C76H58N5OPt-3. The minimum Gasteiger partial charge on any atom is -0.509 e. The van der Waals surface area contributed by atoms with Crippen LogP contribution in [0.15, 0.2) is 237 Å². The molecule has 0 saturated carbocycles. The van der Waals surface area contributed by atoms with Crippen LogP contribution < -0.4 is 14.5 Å². The van der Waals surface area contributed by atoms with Crippen LogP contribution in [0.4, 0.5) is 28.4 Å². The second kappa shape index (κ2) is 20.6. The van der Waals surface area contributed by atoms with Crippen molar-refractivity contribution in [3.05, 3.63) is 300 Å². The molecule has 1 aliphatic heterocycles. The largest absolute Gasteiger partial charge is 0.509 e. The molecule has 0 saturated heterocycles. The maximum Gasteiger partial charge on any atom is 0.187 e. The van der Waals surface area contributed by atoms with Gasteiger partial charge in [-0.2, -0.15) is 6.07 Å². The molecule has 0 fully saturated rings. The van der Waals surface area contributed by atoms with Gasteiger partial charge in [-0.3, -0.25) is 0 Å². The Morgan fingerprint density at radius 1 is 0.506 bits per heavy atom. The molecule has 0 radical (unpaired) electrons. The molecule has 10 aromatic carbocycles. The van der Waals surface area contributed by atoms with Crippen LogP contribution in [0.1, 0.15) is 74.9 Å². The maximum atomic E-state index is 8.38. The van der Waals surface area contributed by atoms with Gasteiger partial charge in [0.2, 0.25) is 0 Å². The van der Waals surface area contributed by atoms with Crippen molar-refractivity contribution in [2.24, 2.45) is 0 Å². The molecule has 1 aliphatic carbocycles. The van der Waals surface area contributed by atoms with Gasteiger partial charge in [-0.05, 0) is 96.6 Å². The van der Waals surface area contributed by atoms with Crippen molar-refractivity contribution in [1.29, 1.82) is 0 Å². The minimum atomic E-state index is -0.909. The van der Waals surface area contributed by atoms with Crippen molar-refractivity contribution < 1.29 is 25.8 Å². The molecule has 1 atom stereocenters. The first-order valence-corrected chi connectivity index (χ1v) is 28.0. The summed E-state index contributed by atoms with van der Waals surface area (Å²) in [6.07, 6.45) is 1.91. The molecule has 2 aliphatic rings. The van der Waals surface area contributed by atoms with Crippen molar-refractivity contribution in [3.8, 4) is 50.7 Å². The van der Waals surface area contributed by atoms with Gasteiger partial charge < -0.3 is 19.1 Å². The van der Waals surface area contributed by atoms with Crippen LogP contribution in [0.2, 0.25) is 0 Å². The van der Waals surface area contributed by atoms with E-state index in [1.165, 1.54) is 11.1 Å². The Hall–Kier alpha value is -9.27. The standard InChI is InChI=1S/C76H58N5O.Pt/c1-74(2,3)52-33-35-53(36-34-52)76(66-29-16-14-25-62(66)63-39-37-56(77-7)46-67(63)76)55-43-57(47-59(44-55)82-58-38-40-65-64-26-15-17-30-68(64)81(71(65)48-58)72-45-54(41-42-78-72)75(4,5)6)79-49-80(70-32-19-18-31-69(70)79)73-60(50-21-10-8-11-22-50)27-20-28-61(73)51-23-12-9-13-24-51;/h8-46,49H,1-6H3;/q-3;. The molecule has 1 unspecified atom stereocenters. The van der Waals surface area contributed by atoms with Crippen molar-refractivity contribution in [3.63, 3.8) is 0 Å². The summed E-state index contributed by atoms with van der Waals surface area (Å²) in [6, 6.07) is 89.6. The molecular weight excluding hydrogens is 1190 g/mol. The van der Waals surface area contributed by atoms with Gasteiger partial charge >= 0.3 is 0 Å². The number of ether oxygens (including phenoxy) is 1. The molecule has 0 N–H and O–H groups in total. The number of rotatable bonds is 9. The number of nitrogens with zero attached hydrogens (tertiary/aromatic N) is 5. The van der Waals surface area contributed by atoms with E-state index in [1.807, 2.05) is 18.3 Å². The second-order valence-corrected chi connectivity index (χ2v) is 23.6. The second-order valence-electron chi connectivity index (χ2n) is 23.6. The van der Waals surface area contributed by atoms with Gasteiger partial charge in [0.15, 0.2) is 5.69 Å². The predicted molar refractivity (Wildman–Crippen MR) is 336 cm³/mol. The molecule has 3 heterocycles. The van der Waals surface area contributed by atoms with Crippen LogP contribution in [0.5, 0.6) is 11.5 Å². The van der Waals surface area contributed by atoms with E-state index >= 15 is 0 Å². The third-order valence-corrected chi connectivity index (χ3v) is 16.6. The van der Waals surface area contributed by atoms with E-state index < -0.39 is 5.41 Å². The molecule has 0 bridgehead atoms. The van der Waals surface area contributed by atoms with Crippen molar-refractivity contribution >= 4 is 50.2 Å². The molecule has 0 amide bonds. The molecule has 7 heteroatoms. The van der Waals surface area contributed by atoms with E-state index in [4.69, 9.17) is 16.3 Å². The van der Waals surface area contributed by atoms with Crippen LogP contribution in [-0.4, -0.2) is 9.55 Å². The molecule has 6 nitrogen and oxygen atoms in total. The van der Waals surface area contributed by atoms with Gasteiger partial charge in [0, 0.05) is 77.9 Å². The van der Waals surface area contributed by atoms with Crippen LogP contribution in [0, 0.1) is 25.4 Å². The monoisotopic (exact) mass is 1250 g/mol. The van der Waals surface area contributed by atoms with E-state index in [-0.39, 0.29) is 31.9 Å². The number of para-hydroxylation sites is 4. The summed E-state index contributed by atoms with van der Waals surface area (Å²) in [5, 5.41) is 2.15. The summed E-state index contributed by atoms with van der Waals surface area (Å²) in [5.74, 6) is 1.86. The normalized spacial score (nSPS) is 14.5. The van der Waals surface area contributed by atoms with Crippen LogP contribution in [-0.2, 0) is 37.3 Å². The first-order valence-electron chi connectivity index (χ1n) is 28.0. The SMILES string of the molecule is [C-]#[N+]c1ccc2c(c1)C(c1ccc(C(C)(C)C)cc1)(c1cc(Oc3[c-]c4c(cc3)c3ccccc3n4-c3cc(C(C)(C)C)ccn3)[c-]c(N3[CH-]N(c4c(-c5ccccc5)cccc4-c4ccccc4)c4ccccc43)c1)c1ccccc1-2.[Pt]. The zero-order valence-electron chi connectivity index (χ0n) is 47.1. The van der Waals surface area contributed by atoms with Crippen molar-refractivity contribution in [2.45, 2.75) is 57.8 Å². The maximum absolute atomic E-state index is 8.38. The van der Waals surface area contributed by atoms with E-state index in [2.05, 4.69) is 298 Å². The fourth-order valence-corrected chi connectivity index (χ4v) is 12.6. The third-order valence-electron chi connectivity index (χ3n) is 16.6. The van der Waals surface area contributed by atoms with Crippen molar-refractivity contribution in [1.82, 2.24) is 9.55 Å². The summed E-state index contributed by atoms with van der Waals surface area (Å²) >= 11 is 0. The van der Waals surface area contributed by atoms with Gasteiger partial charge in [-0.15, -0.1) is 53.6 Å². The van der Waals surface area contributed by atoms with Crippen LogP contribution in [0.25, 0.3) is 65.8 Å². The number of hydrogen-bond donors (Lipinski definition) is 0. The number of pyridine rings is 1. The Labute approximate surface area is 501 Å². The summed E-state index contributed by atoms with van der Waals surface area (Å²) in [4.78, 5) is 13.6. The summed E-state index contributed by atoms with van der Waals surface area (Å²) in [5.41, 5.74) is 18.5. The number of hydrogen-bond acceptors (Lipinski definition) is 4. The van der Waals surface area contributed by atoms with E-state index in [0.717, 1.165) is 106 Å². The van der Waals surface area contributed by atoms with E-state index in [0.29, 0.717) is 17.2 Å². The molecule has 0 spiro atoms. The van der Waals surface area contributed by atoms with Gasteiger partial charge in [-0.1, -0.05) is 223 Å². The summed E-state index contributed by atoms with van der Waals surface area (Å²) in [7, 11) is 0. The van der Waals surface area contributed by atoms with Gasteiger partial charge in [0.05, 0.1) is 6.57 Å². The zero-order chi connectivity index (χ0) is 55.9. The molecule has 83 heavy (non-hydrogen) atoms. The van der Waals surface area contributed by atoms with Crippen molar-refractivity contribution in [2.75, 3.05) is 9.80 Å². The quantitative estimate of drug-likeness (QED) is 0.135. The number of fused-ring (bicyclic) bond motifs is 7. The Kier molecular flexibility index (Phi) is 13.2.